The largest absolute Gasteiger partial charge is 0.497 e. The second-order valence-electron chi connectivity index (χ2n) is 2.44. The van der Waals surface area contributed by atoms with E-state index in [0.29, 0.717) is 6.54 Å². The Morgan fingerprint density at radius 3 is 3.08 bits per heavy atom. The molecule has 1 rings (SSSR count). The molecule has 0 aliphatic heterocycles. The highest BCUT2D eigenvalue weighted by molar-refractivity contribution is 7.79. The SMILES string of the molecule is COc1cccc(C=NCC=S)c1. The molecule has 0 spiro atoms. The van der Waals surface area contributed by atoms with Gasteiger partial charge in [-0.15, -0.1) is 0 Å². The van der Waals surface area contributed by atoms with Gasteiger partial charge in [0.15, 0.2) is 0 Å². The van der Waals surface area contributed by atoms with Gasteiger partial charge in [0.25, 0.3) is 0 Å². The minimum Gasteiger partial charge on any atom is -0.497 e. The molecule has 68 valence electrons. The Morgan fingerprint density at radius 1 is 1.54 bits per heavy atom. The van der Waals surface area contributed by atoms with E-state index in [0.717, 1.165) is 11.3 Å². The number of ether oxygens (including phenoxy) is 1. The van der Waals surface area contributed by atoms with Gasteiger partial charge in [0.1, 0.15) is 5.75 Å². The van der Waals surface area contributed by atoms with Crippen LogP contribution in [0.4, 0.5) is 0 Å². The second kappa shape index (κ2) is 5.43. The van der Waals surface area contributed by atoms with E-state index in [1.54, 1.807) is 18.7 Å². The number of thiocarbonyl (C=S) groups is 1. The first-order valence-corrected chi connectivity index (χ1v) is 4.41. The van der Waals surface area contributed by atoms with Gasteiger partial charge in [0, 0.05) is 11.6 Å². The van der Waals surface area contributed by atoms with Crippen LogP contribution >= 0.6 is 12.2 Å². The number of hydrogen-bond donors (Lipinski definition) is 0. The lowest BCUT2D eigenvalue weighted by molar-refractivity contribution is 0.415. The zero-order valence-corrected chi connectivity index (χ0v) is 8.25. The van der Waals surface area contributed by atoms with E-state index in [-0.39, 0.29) is 0 Å². The van der Waals surface area contributed by atoms with E-state index in [4.69, 9.17) is 4.74 Å². The van der Waals surface area contributed by atoms with Gasteiger partial charge in [0.05, 0.1) is 13.7 Å². The summed E-state index contributed by atoms with van der Waals surface area (Å²) < 4.78 is 5.07. The Morgan fingerprint density at radius 2 is 2.38 bits per heavy atom. The summed E-state index contributed by atoms with van der Waals surface area (Å²) in [5, 5.41) is 1.59. The zero-order chi connectivity index (χ0) is 9.52. The zero-order valence-electron chi connectivity index (χ0n) is 7.43. The first-order valence-electron chi connectivity index (χ1n) is 3.94. The van der Waals surface area contributed by atoms with Crippen molar-refractivity contribution in [3.8, 4) is 5.75 Å². The predicted octanol–water partition coefficient (Wildman–Crippen LogP) is 2.11. The topological polar surface area (TPSA) is 21.6 Å². The van der Waals surface area contributed by atoms with Crippen molar-refractivity contribution in [2.45, 2.75) is 0 Å². The monoisotopic (exact) mass is 193 g/mol. The van der Waals surface area contributed by atoms with Crippen molar-refractivity contribution in [1.82, 2.24) is 0 Å². The molecule has 0 aliphatic carbocycles. The molecule has 0 heterocycles. The molecule has 1 aromatic carbocycles. The van der Waals surface area contributed by atoms with Gasteiger partial charge in [-0.1, -0.05) is 24.4 Å². The van der Waals surface area contributed by atoms with E-state index in [1.807, 2.05) is 24.3 Å². The molecule has 13 heavy (non-hydrogen) atoms. The van der Waals surface area contributed by atoms with Crippen LogP contribution in [-0.4, -0.2) is 25.2 Å². The lowest BCUT2D eigenvalue weighted by atomic mass is 10.2. The number of benzene rings is 1. The van der Waals surface area contributed by atoms with Crippen molar-refractivity contribution in [3.63, 3.8) is 0 Å². The normalized spacial score (nSPS) is 10.2. The summed E-state index contributed by atoms with van der Waals surface area (Å²) in [6.45, 7) is 0.576. The number of methoxy groups -OCH3 is 1. The highest BCUT2D eigenvalue weighted by atomic mass is 32.1. The molecule has 2 nitrogen and oxygen atoms in total. The Balaban J connectivity index is 2.71. The molecule has 0 amide bonds. The molecular weight excluding hydrogens is 182 g/mol. The molecule has 0 atom stereocenters. The standard InChI is InChI=1S/C10H11NOS/c1-12-10-4-2-3-9(7-10)8-11-5-6-13/h2-4,6-8H,5H2,1H3. The molecule has 0 N–H and O–H groups in total. The fourth-order valence-electron chi connectivity index (χ4n) is 0.923. The molecule has 0 aromatic heterocycles. The van der Waals surface area contributed by atoms with Crippen molar-refractivity contribution >= 4 is 23.8 Å². The van der Waals surface area contributed by atoms with Gasteiger partial charge in [-0.3, -0.25) is 4.99 Å². The molecular formula is C10H11NOS. The van der Waals surface area contributed by atoms with Gasteiger partial charge in [-0.2, -0.15) is 0 Å². The number of hydrogen-bond acceptors (Lipinski definition) is 3. The highest BCUT2D eigenvalue weighted by Crippen LogP contribution is 2.10. The summed E-state index contributed by atoms with van der Waals surface area (Å²) in [6.07, 6.45) is 1.78. The summed E-state index contributed by atoms with van der Waals surface area (Å²) in [5.74, 6) is 0.839. The van der Waals surface area contributed by atoms with Gasteiger partial charge in [-0.25, -0.2) is 0 Å². The first kappa shape index (κ1) is 9.86. The van der Waals surface area contributed by atoms with E-state index >= 15 is 0 Å². The summed E-state index contributed by atoms with van der Waals surface area (Å²) in [6, 6.07) is 7.72. The van der Waals surface area contributed by atoms with E-state index in [1.165, 1.54) is 0 Å². The molecule has 0 saturated carbocycles. The average molecular weight is 193 g/mol. The molecule has 0 radical (unpaired) electrons. The van der Waals surface area contributed by atoms with Crippen LogP contribution in [0.3, 0.4) is 0 Å². The molecule has 0 fully saturated rings. The number of rotatable bonds is 4. The van der Waals surface area contributed by atoms with E-state index in [2.05, 4.69) is 17.2 Å². The van der Waals surface area contributed by atoms with Crippen molar-refractivity contribution in [1.29, 1.82) is 0 Å². The fraction of sp³-hybridized carbons (Fsp3) is 0.200. The van der Waals surface area contributed by atoms with Crippen LogP contribution in [0.1, 0.15) is 5.56 Å². The summed E-state index contributed by atoms with van der Waals surface area (Å²) in [4.78, 5) is 4.10. The Hall–Kier alpha value is -1.22. The molecule has 0 unspecified atom stereocenters. The quantitative estimate of drug-likeness (QED) is 0.539. The summed E-state index contributed by atoms with van der Waals surface area (Å²) >= 11 is 4.65. The lowest BCUT2D eigenvalue weighted by Gasteiger charge is -1.98. The number of aliphatic imine (C=N–C) groups is 1. The first-order chi connectivity index (χ1) is 6.36. The van der Waals surface area contributed by atoms with Crippen LogP contribution in [0.2, 0.25) is 0 Å². The third-order valence-corrected chi connectivity index (χ3v) is 1.66. The summed E-state index contributed by atoms with van der Waals surface area (Å²) in [5.41, 5.74) is 1.02. The van der Waals surface area contributed by atoms with Gasteiger partial charge in [0.2, 0.25) is 0 Å². The third-order valence-electron chi connectivity index (χ3n) is 1.51. The maximum Gasteiger partial charge on any atom is 0.119 e. The highest BCUT2D eigenvalue weighted by Gasteiger charge is 1.90. The lowest BCUT2D eigenvalue weighted by Crippen LogP contribution is -1.87. The Bertz CT molecular complexity index is 310. The van der Waals surface area contributed by atoms with Crippen molar-refractivity contribution in [2.24, 2.45) is 4.99 Å². The Kier molecular flexibility index (Phi) is 4.12. The minimum atomic E-state index is 0.576. The summed E-state index contributed by atoms with van der Waals surface area (Å²) in [7, 11) is 1.65. The van der Waals surface area contributed by atoms with Crippen LogP contribution in [0.25, 0.3) is 0 Å². The van der Waals surface area contributed by atoms with Crippen molar-refractivity contribution < 1.29 is 4.74 Å². The van der Waals surface area contributed by atoms with E-state index in [9.17, 15) is 0 Å². The van der Waals surface area contributed by atoms with Gasteiger partial charge in [-0.05, 0) is 17.7 Å². The third kappa shape index (κ3) is 3.34. The van der Waals surface area contributed by atoms with Gasteiger partial charge < -0.3 is 4.74 Å². The van der Waals surface area contributed by atoms with Crippen LogP contribution in [0, 0.1) is 0 Å². The van der Waals surface area contributed by atoms with Crippen LogP contribution in [0.5, 0.6) is 5.75 Å². The average Bonchev–Trinajstić information content (AvgIpc) is 2.19. The Labute approximate surface area is 83.3 Å². The maximum absolute atomic E-state index is 5.07. The molecule has 0 aliphatic rings. The minimum absolute atomic E-state index is 0.576. The molecule has 3 heteroatoms. The smallest absolute Gasteiger partial charge is 0.119 e. The number of nitrogens with zero attached hydrogens (tertiary/aromatic N) is 1. The van der Waals surface area contributed by atoms with Crippen molar-refractivity contribution in [2.75, 3.05) is 13.7 Å². The predicted molar refractivity (Wildman–Crippen MR) is 59.1 cm³/mol. The second-order valence-corrected chi connectivity index (χ2v) is 2.77. The maximum atomic E-state index is 5.07. The van der Waals surface area contributed by atoms with E-state index < -0.39 is 0 Å². The van der Waals surface area contributed by atoms with Gasteiger partial charge >= 0.3 is 0 Å². The van der Waals surface area contributed by atoms with Crippen LogP contribution < -0.4 is 4.74 Å². The molecule has 1 aromatic rings. The van der Waals surface area contributed by atoms with Crippen LogP contribution in [0.15, 0.2) is 29.3 Å². The fourth-order valence-corrected chi connectivity index (χ4v) is 1.01. The van der Waals surface area contributed by atoms with Crippen molar-refractivity contribution in [3.05, 3.63) is 29.8 Å². The molecule has 0 saturated heterocycles. The molecule has 0 bridgehead atoms. The van der Waals surface area contributed by atoms with Crippen LogP contribution in [-0.2, 0) is 0 Å².